The molecule has 0 atom stereocenters. The molecule has 1 saturated heterocycles. The van der Waals surface area contributed by atoms with Gasteiger partial charge >= 0.3 is 0 Å². The number of rotatable bonds is 7. The molecule has 0 aliphatic carbocycles. The Labute approximate surface area is 166 Å². The monoisotopic (exact) mass is 386 g/mol. The Kier molecular flexibility index (Phi) is 7.04. The van der Waals surface area contributed by atoms with Crippen molar-refractivity contribution < 1.29 is 0 Å². The molecule has 146 valence electrons. The summed E-state index contributed by atoms with van der Waals surface area (Å²) in [6.07, 6.45) is 5.40. The van der Waals surface area contributed by atoms with Gasteiger partial charge in [0.1, 0.15) is 5.82 Å². The van der Waals surface area contributed by atoms with Gasteiger partial charge in [0.15, 0.2) is 5.96 Å². The standard InChI is InChI=1S/C20H30N6S/c1-4-21-20(22-10-9-19-25-15(2)16(3)27-19)24-14-17-7-8-18(23-13-17)26-11-5-6-12-26/h7-8,13H,4-6,9-12,14H2,1-3H3,(H2,21,22,24). The molecule has 0 unspecified atom stereocenters. The Morgan fingerprint density at radius 3 is 2.67 bits per heavy atom. The van der Waals surface area contributed by atoms with Gasteiger partial charge in [0, 0.05) is 43.7 Å². The Hall–Kier alpha value is -2.15. The van der Waals surface area contributed by atoms with Gasteiger partial charge < -0.3 is 15.5 Å². The summed E-state index contributed by atoms with van der Waals surface area (Å²) in [5, 5.41) is 7.88. The summed E-state index contributed by atoms with van der Waals surface area (Å²) in [7, 11) is 0. The average molecular weight is 387 g/mol. The first kappa shape index (κ1) is 19.6. The molecule has 1 aliphatic heterocycles. The zero-order chi connectivity index (χ0) is 19.1. The topological polar surface area (TPSA) is 65.4 Å². The predicted molar refractivity (Wildman–Crippen MR) is 114 cm³/mol. The van der Waals surface area contributed by atoms with Crippen molar-refractivity contribution in [3.63, 3.8) is 0 Å². The highest BCUT2D eigenvalue weighted by Crippen LogP contribution is 2.18. The Morgan fingerprint density at radius 1 is 1.22 bits per heavy atom. The van der Waals surface area contributed by atoms with Crippen LogP contribution in [0.2, 0.25) is 0 Å². The van der Waals surface area contributed by atoms with Crippen LogP contribution in [0.15, 0.2) is 23.3 Å². The van der Waals surface area contributed by atoms with E-state index < -0.39 is 0 Å². The van der Waals surface area contributed by atoms with E-state index in [0.717, 1.165) is 55.6 Å². The van der Waals surface area contributed by atoms with Crippen LogP contribution in [0.4, 0.5) is 5.82 Å². The molecule has 1 fully saturated rings. The normalized spacial score (nSPS) is 14.6. The van der Waals surface area contributed by atoms with Gasteiger partial charge in [-0.05, 0) is 45.2 Å². The summed E-state index contributed by atoms with van der Waals surface area (Å²) < 4.78 is 0. The summed E-state index contributed by atoms with van der Waals surface area (Å²) in [6.45, 7) is 10.8. The molecule has 3 heterocycles. The van der Waals surface area contributed by atoms with E-state index in [-0.39, 0.29) is 0 Å². The number of nitrogens with one attached hydrogen (secondary N) is 2. The van der Waals surface area contributed by atoms with Crippen LogP contribution in [0.25, 0.3) is 0 Å². The lowest BCUT2D eigenvalue weighted by Gasteiger charge is -2.16. The number of thiazole rings is 1. The number of aliphatic imine (C=N–C) groups is 1. The first-order chi connectivity index (χ1) is 13.2. The molecule has 6 nitrogen and oxygen atoms in total. The second-order valence-corrected chi connectivity index (χ2v) is 8.13. The Bertz CT molecular complexity index is 727. The number of nitrogens with zero attached hydrogens (tertiary/aromatic N) is 4. The fraction of sp³-hybridized carbons (Fsp3) is 0.550. The fourth-order valence-electron chi connectivity index (χ4n) is 3.09. The molecule has 7 heteroatoms. The van der Waals surface area contributed by atoms with Crippen molar-refractivity contribution >= 4 is 23.1 Å². The van der Waals surface area contributed by atoms with E-state index >= 15 is 0 Å². The number of aromatic nitrogens is 2. The maximum Gasteiger partial charge on any atom is 0.191 e. The van der Waals surface area contributed by atoms with Crippen molar-refractivity contribution in [3.05, 3.63) is 39.5 Å². The highest BCUT2D eigenvalue weighted by molar-refractivity contribution is 7.11. The quantitative estimate of drug-likeness (QED) is 0.566. The summed E-state index contributed by atoms with van der Waals surface area (Å²) >= 11 is 1.78. The van der Waals surface area contributed by atoms with E-state index in [1.165, 1.54) is 22.7 Å². The van der Waals surface area contributed by atoms with E-state index in [0.29, 0.717) is 6.54 Å². The second kappa shape index (κ2) is 9.69. The van der Waals surface area contributed by atoms with Crippen molar-refractivity contribution in [2.45, 2.75) is 46.6 Å². The largest absolute Gasteiger partial charge is 0.357 e. The van der Waals surface area contributed by atoms with Crippen molar-refractivity contribution in [2.75, 3.05) is 31.1 Å². The third-order valence-electron chi connectivity index (χ3n) is 4.71. The molecule has 0 amide bonds. The molecular weight excluding hydrogens is 356 g/mol. The van der Waals surface area contributed by atoms with Crippen LogP contribution in [0.5, 0.6) is 0 Å². The lowest BCUT2D eigenvalue weighted by atomic mass is 10.3. The second-order valence-electron chi connectivity index (χ2n) is 6.84. The fourth-order valence-corrected chi connectivity index (χ4v) is 4.02. The van der Waals surface area contributed by atoms with Crippen molar-refractivity contribution in [1.82, 2.24) is 20.6 Å². The first-order valence-corrected chi connectivity index (χ1v) is 10.6. The van der Waals surface area contributed by atoms with Crippen LogP contribution in [0.3, 0.4) is 0 Å². The summed E-state index contributed by atoms with van der Waals surface area (Å²) in [5.41, 5.74) is 2.27. The minimum atomic E-state index is 0.623. The number of hydrogen-bond acceptors (Lipinski definition) is 5. The molecule has 0 aromatic carbocycles. The smallest absolute Gasteiger partial charge is 0.191 e. The van der Waals surface area contributed by atoms with Crippen molar-refractivity contribution in [3.8, 4) is 0 Å². The van der Waals surface area contributed by atoms with Gasteiger partial charge in [0.05, 0.1) is 17.2 Å². The van der Waals surface area contributed by atoms with E-state index in [4.69, 9.17) is 0 Å². The minimum Gasteiger partial charge on any atom is -0.357 e. The molecule has 2 aromatic rings. The average Bonchev–Trinajstić information content (AvgIpc) is 3.31. The van der Waals surface area contributed by atoms with Gasteiger partial charge in [0.25, 0.3) is 0 Å². The Balaban J connectivity index is 1.51. The third kappa shape index (κ3) is 5.66. The van der Waals surface area contributed by atoms with Crippen LogP contribution in [0, 0.1) is 13.8 Å². The third-order valence-corrected chi connectivity index (χ3v) is 5.84. The van der Waals surface area contributed by atoms with Gasteiger partial charge in [-0.1, -0.05) is 6.07 Å². The van der Waals surface area contributed by atoms with Gasteiger partial charge in [-0.2, -0.15) is 0 Å². The van der Waals surface area contributed by atoms with Crippen molar-refractivity contribution in [1.29, 1.82) is 0 Å². The van der Waals surface area contributed by atoms with Gasteiger partial charge in [0.2, 0.25) is 0 Å². The summed E-state index contributed by atoms with van der Waals surface area (Å²) in [4.78, 5) is 17.5. The molecule has 0 spiro atoms. The molecule has 2 N–H and O–H groups in total. The molecule has 27 heavy (non-hydrogen) atoms. The van der Waals surface area contributed by atoms with Crippen LogP contribution in [0.1, 0.15) is 40.9 Å². The number of hydrogen-bond donors (Lipinski definition) is 2. The molecular formula is C20H30N6S. The molecule has 2 aromatic heterocycles. The molecule has 0 bridgehead atoms. The number of aryl methyl sites for hydroxylation is 2. The summed E-state index contributed by atoms with van der Waals surface area (Å²) in [6, 6.07) is 4.25. The van der Waals surface area contributed by atoms with Crippen molar-refractivity contribution in [2.24, 2.45) is 4.99 Å². The van der Waals surface area contributed by atoms with Gasteiger partial charge in [-0.15, -0.1) is 11.3 Å². The van der Waals surface area contributed by atoms with Crippen LogP contribution >= 0.6 is 11.3 Å². The maximum absolute atomic E-state index is 4.69. The molecule has 1 aliphatic rings. The first-order valence-electron chi connectivity index (χ1n) is 9.80. The minimum absolute atomic E-state index is 0.623. The predicted octanol–water partition coefficient (Wildman–Crippen LogP) is 3.05. The molecule has 3 rings (SSSR count). The van der Waals surface area contributed by atoms with Crippen LogP contribution < -0.4 is 15.5 Å². The number of anilines is 1. The molecule has 0 saturated carbocycles. The number of pyridine rings is 1. The SMILES string of the molecule is CCNC(=NCc1ccc(N2CCCC2)nc1)NCCc1nc(C)c(C)s1. The zero-order valence-electron chi connectivity index (χ0n) is 16.6. The van der Waals surface area contributed by atoms with Crippen LogP contribution in [-0.2, 0) is 13.0 Å². The van der Waals surface area contributed by atoms with Gasteiger partial charge in [-0.25, -0.2) is 15.0 Å². The van der Waals surface area contributed by atoms with Crippen LogP contribution in [-0.4, -0.2) is 42.1 Å². The maximum atomic E-state index is 4.69. The lowest BCUT2D eigenvalue weighted by molar-refractivity contribution is 0.795. The highest BCUT2D eigenvalue weighted by Gasteiger charge is 2.12. The zero-order valence-corrected chi connectivity index (χ0v) is 17.4. The van der Waals surface area contributed by atoms with E-state index in [1.54, 1.807) is 11.3 Å². The Morgan fingerprint density at radius 2 is 2.04 bits per heavy atom. The number of guanidine groups is 1. The summed E-state index contributed by atoms with van der Waals surface area (Å²) in [5.74, 6) is 1.92. The van der Waals surface area contributed by atoms with E-state index in [9.17, 15) is 0 Å². The van der Waals surface area contributed by atoms with Gasteiger partial charge in [-0.3, -0.25) is 0 Å². The molecule has 0 radical (unpaired) electrons. The highest BCUT2D eigenvalue weighted by atomic mass is 32.1. The van der Waals surface area contributed by atoms with E-state index in [1.807, 2.05) is 6.20 Å². The van der Waals surface area contributed by atoms with E-state index in [2.05, 4.69) is 63.4 Å². The lowest BCUT2D eigenvalue weighted by Crippen LogP contribution is -2.38.